The van der Waals surface area contributed by atoms with E-state index in [1.807, 2.05) is 0 Å². The Bertz CT molecular complexity index is 503. The number of halogens is 1. The predicted molar refractivity (Wildman–Crippen MR) is 71.7 cm³/mol. The van der Waals surface area contributed by atoms with Gasteiger partial charge in [0.25, 0.3) is 0 Å². The standard InChI is InChI=1S/C13H20FNO3S/c1-2-3-4-5-8-15-19(17,18)13-9-11(10-16)6-7-12(13)14/h6-7,9,15-16H,2-5,8,10H2,1H3. The first kappa shape index (κ1) is 16.1. The summed E-state index contributed by atoms with van der Waals surface area (Å²) in [5, 5.41) is 8.95. The van der Waals surface area contributed by atoms with Crippen LogP contribution in [0.5, 0.6) is 0 Å². The molecule has 1 aromatic carbocycles. The summed E-state index contributed by atoms with van der Waals surface area (Å²) in [5.41, 5.74) is 0.368. The summed E-state index contributed by atoms with van der Waals surface area (Å²) in [6, 6.07) is 3.57. The van der Waals surface area contributed by atoms with Crippen LogP contribution in [0, 0.1) is 5.82 Å². The van der Waals surface area contributed by atoms with Crippen molar-refractivity contribution in [3.63, 3.8) is 0 Å². The molecule has 0 saturated heterocycles. The van der Waals surface area contributed by atoms with E-state index in [1.54, 1.807) is 0 Å². The maximum atomic E-state index is 13.5. The Balaban J connectivity index is 2.71. The molecule has 0 spiro atoms. The summed E-state index contributed by atoms with van der Waals surface area (Å²) >= 11 is 0. The summed E-state index contributed by atoms with van der Waals surface area (Å²) in [7, 11) is -3.85. The number of nitrogens with one attached hydrogen (secondary N) is 1. The van der Waals surface area contributed by atoms with E-state index in [0.717, 1.165) is 37.8 Å². The molecule has 1 aromatic rings. The minimum absolute atomic E-state index is 0.297. The lowest BCUT2D eigenvalue weighted by Gasteiger charge is -2.08. The van der Waals surface area contributed by atoms with E-state index in [1.165, 1.54) is 6.07 Å². The molecule has 0 aliphatic carbocycles. The van der Waals surface area contributed by atoms with E-state index in [2.05, 4.69) is 11.6 Å². The van der Waals surface area contributed by atoms with Crippen LogP contribution in [-0.2, 0) is 16.6 Å². The van der Waals surface area contributed by atoms with Crippen molar-refractivity contribution in [2.75, 3.05) is 6.54 Å². The van der Waals surface area contributed by atoms with Gasteiger partial charge in [-0.15, -0.1) is 0 Å². The zero-order chi connectivity index (χ0) is 14.3. The van der Waals surface area contributed by atoms with Gasteiger partial charge in [-0.25, -0.2) is 17.5 Å². The molecule has 0 amide bonds. The van der Waals surface area contributed by atoms with Gasteiger partial charge < -0.3 is 5.11 Å². The van der Waals surface area contributed by atoms with Crippen LogP contribution in [0.15, 0.2) is 23.1 Å². The van der Waals surface area contributed by atoms with E-state index in [0.29, 0.717) is 12.1 Å². The van der Waals surface area contributed by atoms with E-state index in [-0.39, 0.29) is 6.61 Å². The van der Waals surface area contributed by atoms with Crippen LogP contribution in [0.1, 0.15) is 38.2 Å². The summed E-state index contributed by atoms with van der Waals surface area (Å²) in [5.74, 6) is -0.807. The Morgan fingerprint density at radius 2 is 2.00 bits per heavy atom. The highest BCUT2D eigenvalue weighted by molar-refractivity contribution is 7.89. The van der Waals surface area contributed by atoms with Gasteiger partial charge in [0.2, 0.25) is 10.0 Å². The molecular weight excluding hydrogens is 269 g/mol. The monoisotopic (exact) mass is 289 g/mol. The Morgan fingerprint density at radius 1 is 1.26 bits per heavy atom. The maximum Gasteiger partial charge on any atom is 0.243 e. The van der Waals surface area contributed by atoms with Crippen molar-refractivity contribution in [2.24, 2.45) is 0 Å². The molecular formula is C13H20FNO3S. The molecule has 19 heavy (non-hydrogen) atoms. The molecule has 1 rings (SSSR count). The van der Waals surface area contributed by atoms with Crippen molar-refractivity contribution in [1.82, 2.24) is 4.72 Å². The Morgan fingerprint density at radius 3 is 2.63 bits per heavy atom. The zero-order valence-corrected chi connectivity index (χ0v) is 11.8. The van der Waals surface area contributed by atoms with Crippen LogP contribution in [0.2, 0.25) is 0 Å². The lowest BCUT2D eigenvalue weighted by molar-refractivity contribution is 0.281. The van der Waals surface area contributed by atoms with Crippen LogP contribution in [0.3, 0.4) is 0 Å². The van der Waals surface area contributed by atoms with Gasteiger partial charge in [-0.3, -0.25) is 0 Å². The first-order valence-corrected chi connectivity index (χ1v) is 7.88. The minimum Gasteiger partial charge on any atom is -0.392 e. The van der Waals surface area contributed by atoms with Crippen molar-refractivity contribution in [3.05, 3.63) is 29.6 Å². The molecule has 0 bridgehead atoms. The van der Waals surface area contributed by atoms with Gasteiger partial charge >= 0.3 is 0 Å². The number of benzene rings is 1. The molecule has 0 saturated carbocycles. The zero-order valence-electron chi connectivity index (χ0n) is 11.0. The van der Waals surface area contributed by atoms with Gasteiger partial charge in [-0.1, -0.05) is 32.3 Å². The Kier molecular flexibility index (Phi) is 6.41. The third-order valence-electron chi connectivity index (χ3n) is 2.79. The Labute approximate surface area is 113 Å². The lowest BCUT2D eigenvalue weighted by Crippen LogP contribution is -2.25. The molecule has 0 aliphatic rings. The molecule has 0 aliphatic heterocycles. The maximum absolute atomic E-state index is 13.5. The quantitative estimate of drug-likeness (QED) is 0.721. The molecule has 0 unspecified atom stereocenters. The van der Waals surface area contributed by atoms with Crippen LogP contribution in [-0.4, -0.2) is 20.1 Å². The molecule has 2 N–H and O–H groups in total. The minimum atomic E-state index is -3.85. The third kappa shape index (κ3) is 4.89. The van der Waals surface area contributed by atoms with Gasteiger partial charge in [0.05, 0.1) is 6.61 Å². The molecule has 0 aromatic heterocycles. The number of rotatable bonds is 8. The fourth-order valence-electron chi connectivity index (χ4n) is 1.69. The summed E-state index contributed by atoms with van der Waals surface area (Å²) in [6.07, 6.45) is 3.79. The average Bonchev–Trinajstić information content (AvgIpc) is 2.39. The van der Waals surface area contributed by atoms with Crippen LogP contribution in [0.25, 0.3) is 0 Å². The SMILES string of the molecule is CCCCCCNS(=O)(=O)c1cc(CO)ccc1F. The fourth-order valence-corrected chi connectivity index (χ4v) is 2.89. The second kappa shape index (κ2) is 7.57. The van der Waals surface area contributed by atoms with Crippen LogP contribution >= 0.6 is 0 Å². The first-order valence-electron chi connectivity index (χ1n) is 6.40. The number of unbranched alkanes of at least 4 members (excludes halogenated alkanes) is 3. The van der Waals surface area contributed by atoms with E-state index >= 15 is 0 Å². The summed E-state index contributed by atoms with van der Waals surface area (Å²) in [4.78, 5) is -0.408. The first-order chi connectivity index (χ1) is 9.01. The molecule has 108 valence electrons. The van der Waals surface area contributed by atoms with Crippen molar-refractivity contribution < 1.29 is 17.9 Å². The highest BCUT2D eigenvalue weighted by Gasteiger charge is 2.18. The molecule has 0 radical (unpaired) electrons. The molecule has 0 atom stereocenters. The van der Waals surface area contributed by atoms with E-state index in [9.17, 15) is 12.8 Å². The number of sulfonamides is 1. The molecule has 4 nitrogen and oxygen atoms in total. The van der Waals surface area contributed by atoms with Crippen molar-refractivity contribution in [1.29, 1.82) is 0 Å². The topological polar surface area (TPSA) is 66.4 Å². The average molecular weight is 289 g/mol. The highest BCUT2D eigenvalue weighted by Crippen LogP contribution is 2.16. The largest absolute Gasteiger partial charge is 0.392 e. The van der Waals surface area contributed by atoms with Crippen molar-refractivity contribution in [3.8, 4) is 0 Å². The normalized spacial score (nSPS) is 11.7. The number of hydrogen-bond acceptors (Lipinski definition) is 3. The van der Waals surface area contributed by atoms with E-state index in [4.69, 9.17) is 5.11 Å². The van der Waals surface area contributed by atoms with Crippen molar-refractivity contribution in [2.45, 2.75) is 44.1 Å². The lowest BCUT2D eigenvalue weighted by atomic mass is 10.2. The highest BCUT2D eigenvalue weighted by atomic mass is 32.2. The van der Waals surface area contributed by atoms with Crippen molar-refractivity contribution >= 4 is 10.0 Å². The Hall–Kier alpha value is -0.980. The number of hydrogen-bond donors (Lipinski definition) is 2. The third-order valence-corrected chi connectivity index (χ3v) is 4.27. The second-order valence-electron chi connectivity index (χ2n) is 4.38. The van der Waals surface area contributed by atoms with Gasteiger partial charge in [-0.2, -0.15) is 0 Å². The second-order valence-corrected chi connectivity index (χ2v) is 6.12. The molecule has 6 heteroatoms. The predicted octanol–water partition coefficient (Wildman–Crippen LogP) is 2.18. The van der Waals surface area contributed by atoms with Gasteiger partial charge in [0, 0.05) is 6.54 Å². The van der Waals surface area contributed by atoms with Gasteiger partial charge in [0.1, 0.15) is 10.7 Å². The van der Waals surface area contributed by atoms with Crippen LogP contribution in [0.4, 0.5) is 4.39 Å². The van der Waals surface area contributed by atoms with Crippen LogP contribution < -0.4 is 4.72 Å². The summed E-state index contributed by atoms with van der Waals surface area (Å²) in [6.45, 7) is 2.05. The van der Waals surface area contributed by atoms with E-state index < -0.39 is 20.7 Å². The molecule has 0 fully saturated rings. The number of aliphatic hydroxyl groups is 1. The number of aliphatic hydroxyl groups excluding tert-OH is 1. The fraction of sp³-hybridized carbons (Fsp3) is 0.538. The van der Waals surface area contributed by atoms with Gasteiger partial charge in [0.15, 0.2) is 0 Å². The smallest absolute Gasteiger partial charge is 0.243 e. The summed E-state index contributed by atoms with van der Waals surface area (Å²) < 4.78 is 39.7. The molecule has 0 heterocycles. The van der Waals surface area contributed by atoms with Gasteiger partial charge in [-0.05, 0) is 24.1 Å².